The maximum absolute atomic E-state index is 12.4. The van der Waals surface area contributed by atoms with Gasteiger partial charge in [-0.1, -0.05) is 5.16 Å². The minimum absolute atomic E-state index is 0.277. The molecular weight excluding hydrogens is 234 g/mol. The second kappa shape index (κ2) is 4.12. The Hall–Kier alpha value is -1.85. The summed E-state index contributed by atoms with van der Waals surface area (Å²) in [6.45, 7) is 0. The van der Waals surface area contributed by atoms with E-state index < -0.39 is 0 Å². The molecule has 1 aromatic heterocycles. The third-order valence-corrected chi connectivity index (χ3v) is 3.84. The van der Waals surface area contributed by atoms with E-state index in [0.29, 0.717) is 48.5 Å². The van der Waals surface area contributed by atoms with Gasteiger partial charge < -0.3 is 15.6 Å². The Morgan fingerprint density at radius 3 is 2.11 bits per heavy atom. The van der Waals surface area contributed by atoms with Crippen LogP contribution in [-0.2, 0) is 19.3 Å². The lowest BCUT2D eigenvalue weighted by Gasteiger charge is -2.21. The van der Waals surface area contributed by atoms with Gasteiger partial charge in [0.25, 0.3) is 17.1 Å². The van der Waals surface area contributed by atoms with Crippen molar-refractivity contribution < 1.29 is 14.7 Å². The Morgan fingerprint density at radius 2 is 1.44 bits per heavy atom. The molecular formula is C12H15N3O3. The van der Waals surface area contributed by atoms with Gasteiger partial charge in [0.05, 0.1) is 0 Å². The summed E-state index contributed by atoms with van der Waals surface area (Å²) in [5.74, 6) is 0. The molecule has 0 unspecified atom stereocenters. The van der Waals surface area contributed by atoms with Crippen molar-refractivity contribution >= 4 is 5.71 Å². The zero-order valence-electron chi connectivity index (χ0n) is 10.1. The minimum Gasteiger partial charge on any atom is -0.618 e. The molecule has 0 saturated heterocycles. The molecule has 0 atom stereocenters. The van der Waals surface area contributed by atoms with Crippen LogP contribution in [0, 0.1) is 10.4 Å². The number of nitrogens with zero attached hydrogens (tertiary/aromatic N) is 3. The van der Waals surface area contributed by atoms with Crippen LogP contribution in [0.1, 0.15) is 48.5 Å². The van der Waals surface area contributed by atoms with Crippen LogP contribution in [0.2, 0.25) is 0 Å². The van der Waals surface area contributed by atoms with Crippen LogP contribution in [0.3, 0.4) is 0 Å². The van der Waals surface area contributed by atoms with E-state index in [-0.39, 0.29) is 5.69 Å². The third-order valence-electron chi connectivity index (χ3n) is 3.84. The van der Waals surface area contributed by atoms with Crippen molar-refractivity contribution in [1.29, 1.82) is 0 Å². The van der Waals surface area contributed by atoms with Gasteiger partial charge in [0.15, 0.2) is 5.71 Å². The molecule has 2 aliphatic rings. The molecule has 6 nitrogen and oxygen atoms in total. The SMILES string of the molecule is [O-][n+]1c2c([n+]([O-])c3c1CCC/C3=N\O)CCCC2. The van der Waals surface area contributed by atoms with Crippen molar-refractivity contribution in [1.82, 2.24) is 0 Å². The van der Waals surface area contributed by atoms with Crippen molar-refractivity contribution in [3.8, 4) is 0 Å². The first kappa shape index (κ1) is 11.3. The van der Waals surface area contributed by atoms with E-state index in [1.807, 2.05) is 0 Å². The van der Waals surface area contributed by atoms with Gasteiger partial charge >= 0.3 is 5.69 Å². The Balaban J connectivity index is 2.30. The third kappa shape index (κ3) is 1.45. The molecule has 18 heavy (non-hydrogen) atoms. The first-order valence-corrected chi connectivity index (χ1v) is 6.35. The predicted molar refractivity (Wildman–Crippen MR) is 62.3 cm³/mol. The van der Waals surface area contributed by atoms with Crippen LogP contribution in [0.5, 0.6) is 0 Å². The number of oxime groups is 1. The number of hydrogen-bond donors (Lipinski definition) is 1. The number of fused-ring (bicyclic) bond motifs is 2. The molecule has 3 rings (SSSR count). The number of aromatic nitrogens is 2. The van der Waals surface area contributed by atoms with Crippen LogP contribution >= 0.6 is 0 Å². The summed E-state index contributed by atoms with van der Waals surface area (Å²) in [6.07, 6.45) is 5.05. The molecule has 0 saturated carbocycles. The lowest BCUT2D eigenvalue weighted by molar-refractivity contribution is -0.684. The molecule has 96 valence electrons. The fraction of sp³-hybridized carbons (Fsp3) is 0.583. The largest absolute Gasteiger partial charge is 0.618 e. The van der Waals surface area contributed by atoms with Gasteiger partial charge in [-0.05, 0) is 19.3 Å². The van der Waals surface area contributed by atoms with E-state index in [4.69, 9.17) is 5.21 Å². The van der Waals surface area contributed by atoms with Crippen molar-refractivity contribution in [2.75, 3.05) is 0 Å². The average Bonchev–Trinajstić information content (AvgIpc) is 2.44. The van der Waals surface area contributed by atoms with E-state index in [1.165, 1.54) is 0 Å². The van der Waals surface area contributed by atoms with Gasteiger partial charge in [-0.3, -0.25) is 0 Å². The van der Waals surface area contributed by atoms with Crippen molar-refractivity contribution in [2.45, 2.75) is 44.9 Å². The fourth-order valence-electron chi connectivity index (χ4n) is 2.97. The molecule has 0 spiro atoms. The summed E-state index contributed by atoms with van der Waals surface area (Å²) in [6, 6.07) is 0. The minimum atomic E-state index is 0.277. The molecule has 0 aliphatic heterocycles. The van der Waals surface area contributed by atoms with Crippen LogP contribution in [0.25, 0.3) is 0 Å². The summed E-state index contributed by atoms with van der Waals surface area (Å²) in [4.78, 5) is 0. The van der Waals surface area contributed by atoms with Gasteiger partial charge in [-0.25, -0.2) is 0 Å². The van der Waals surface area contributed by atoms with Crippen LogP contribution in [0.4, 0.5) is 0 Å². The average molecular weight is 249 g/mol. The second-order valence-corrected chi connectivity index (χ2v) is 4.88. The van der Waals surface area contributed by atoms with Gasteiger partial charge in [-0.15, -0.1) is 0 Å². The lowest BCUT2D eigenvalue weighted by atomic mass is 9.94. The van der Waals surface area contributed by atoms with E-state index >= 15 is 0 Å². The van der Waals surface area contributed by atoms with Crippen LogP contribution in [0.15, 0.2) is 5.16 Å². The molecule has 1 aromatic rings. The quantitative estimate of drug-likeness (QED) is 0.311. The van der Waals surface area contributed by atoms with Crippen LogP contribution < -0.4 is 9.46 Å². The van der Waals surface area contributed by atoms with E-state index in [2.05, 4.69) is 5.16 Å². The van der Waals surface area contributed by atoms with Gasteiger partial charge in [0.1, 0.15) is 0 Å². The van der Waals surface area contributed by atoms with Crippen LogP contribution in [-0.4, -0.2) is 10.9 Å². The highest BCUT2D eigenvalue weighted by atomic mass is 16.5. The Morgan fingerprint density at radius 1 is 0.833 bits per heavy atom. The Labute approximate surface area is 104 Å². The molecule has 0 amide bonds. The zero-order valence-corrected chi connectivity index (χ0v) is 10.1. The van der Waals surface area contributed by atoms with Crippen molar-refractivity contribution in [3.63, 3.8) is 0 Å². The predicted octanol–water partition coefficient (Wildman–Crippen LogP) is 0.347. The summed E-state index contributed by atoms with van der Waals surface area (Å²) >= 11 is 0. The maximum atomic E-state index is 12.4. The van der Waals surface area contributed by atoms with Crippen molar-refractivity contribution in [2.24, 2.45) is 5.16 Å². The summed E-state index contributed by atoms with van der Waals surface area (Å²) in [5.41, 5.74) is 2.24. The van der Waals surface area contributed by atoms with E-state index in [0.717, 1.165) is 28.7 Å². The molecule has 0 bridgehead atoms. The summed E-state index contributed by atoms with van der Waals surface area (Å²) < 4.78 is 1.73. The standard InChI is InChI=1S/C12H15N3O3/c16-13-8-4-3-7-11-12(8)15(18)10-6-2-1-5-9(10)14(11)17/h16H,1-7H2/b13-8+. The first-order chi connectivity index (χ1) is 8.74. The molecule has 0 aromatic carbocycles. The first-order valence-electron chi connectivity index (χ1n) is 6.35. The number of rotatable bonds is 0. The van der Waals surface area contributed by atoms with E-state index in [1.54, 1.807) is 0 Å². The molecule has 1 N–H and O–H groups in total. The molecule has 0 radical (unpaired) electrons. The highest BCUT2D eigenvalue weighted by molar-refractivity contribution is 5.98. The zero-order chi connectivity index (χ0) is 12.7. The molecule has 1 heterocycles. The molecule has 0 fully saturated rings. The van der Waals surface area contributed by atoms with E-state index in [9.17, 15) is 10.4 Å². The Bertz CT molecular complexity index is 540. The van der Waals surface area contributed by atoms with Gasteiger partial charge in [0.2, 0.25) is 0 Å². The highest BCUT2D eigenvalue weighted by Crippen LogP contribution is 2.21. The number of hydrogen-bond acceptors (Lipinski definition) is 4. The molecule has 6 heteroatoms. The van der Waals surface area contributed by atoms with Gasteiger partial charge in [0, 0.05) is 25.7 Å². The van der Waals surface area contributed by atoms with Crippen molar-refractivity contribution in [3.05, 3.63) is 33.2 Å². The highest BCUT2D eigenvalue weighted by Gasteiger charge is 2.38. The summed E-state index contributed by atoms with van der Waals surface area (Å²) in [5, 5.41) is 36.8. The topological polar surface area (TPSA) is 86.5 Å². The Kier molecular flexibility index (Phi) is 2.57. The van der Waals surface area contributed by atoms with Gasteiger partial charge in [-0.2, -0.15) is 9.46 Å². The summed E-state index contributed by atoms with van der Waals surface area (Å²) in [7, 11) is 0. The fourth-order valence-corrected chi connectivity index (χ4v) is 2.97. The lowest BCUT2D eigenvalue weighted by Crippen LogP contribution is -2.54. The monoisotopic (exact) mass is 249 g/mol. The second-order valence-electron chi connectivity index (χ2n) is 4.88. The maximum Gasteiger partial charge on any atom is 0.310 e. The normalized spacial score (nSPS) is 20.6. The molecule has 2 aliphatic carbocycles. The smallest absolute Gasteiger partial charge is 0.310 e.